The minimum absolute atomic E-state index is 0.0600. The van der Waals surface area contributed by atoms with Crippen LogP contribution in [0.2, 0.25) is 0 Å². The highest BCUT2D eigenvalue weighted by atomic mass is 16.2. The van der Waals surface area contributed by atoms with Crippen molar-refractivity contribution in [2.45, 2.75) is 76.8 Å². The molecule has 0 aromatic heterocycles. The van der Waals surface area contributed by atoms with Crippen molar-refractivity contribution in [2.75, 3.05) is 0 Å². The molecular weight excluding hydrogens is 224 g/mol. The first-order chi connectivity index (χ1) is 8.68. The van der Waals surface area contributed by atoms with Gasteiger partial charge in [0.15, 0.2) is 0 Å². The summed E-state index contributed by atoms with van der Waals surface area (Å²) in [7, 11) is 0. The van der Waals surface area contributed by atoms with Gasteiger partial charge in [-0.2, -0.15) is 0 Å². The summed E-state index contributed by atoms with van der Waals surface area (Å²) in [5.41, 5.74) is 6.07. The summed E-state index contributed by atoms with van der Waals surface area (Å²) in [6, 6.07) is 0.407. The maximum Gasteiger partial charge on any atom is 0.224 e. The van der Waals surface area contributed by atoms with Gasteiger partial charge in [-0.25, -0.2) is 0 Å². The molecule has 2 aliphatic rings. The molecule has 104 valence electrons. The van der Waals surface area contributed by atoms with Gasteiger partial charge in [0.25, 0.3) is 0 Å². The third-order valence-electron chi connectivity index (χ3n) is 4.88. The molecule has 2 fully saturated rings. The Bertz CT molecular complexity index is 274. The zero-order valence-corrected chi connectivity index (χ0v) is 11.7. The van der Waals surface area contributed by atoms with E-state index in [2.05, 4.69) is 12.2 Å². The van der Waals surface area contributed by atoms with Crippen molar-refractivity contribution in [2.24, 2.45) is 17.6 Å². The van der Waals surface area contributed by atoms with Crippen LogP contribution in [0.3, 0.4) is 0 Å². The van der Waals surface area contributed by atoms with Crippen molar-refractivity contribution in [3.05, 3.63) is 0 Å². The average molecular weight is 252 g/mol. The van der Waals surface area contributed by atoms with Crippen LogP contribution in [0, 0.1) is 11.8 Å². The Morgan fingerprint density at radius 2 is 1.67 bits per heavy atom. The van der Waals surface area contributed by atoms with E-state index < -0.39 is 0 Å². The number of hydrogen-bond donors (Lipinski definition) is 2. The lowest BCUT2D eigenvalue weighted by Crippen LogP contribution is -2.48. The Balaban J connectivity index is 1.81. The number of amides is 1. The lowest BCUT2D eigenvalue weighted by Gasteiger charge is -2.32. The highest BCUT2D eigenvalue weighted by molar-refractivity contribution is 5.79. The van der Waals surface area contributed by atoms with E-state index >= 15 is 0 Å². The molecule has 3 N–H and O–H groups in total. The lowest BCUT2D eigenvalue weighted by atomic mass is 9.82. The van der Waals surface area contributed by atoms with Gasteiger partial charge in [0.05, 0.1) is 5.92 Å². The smallest absolute Gasteiger partial charge is 0.224 e. The van der Waals surface area contributed by atoms with Crippen LogP contribution in [0.25, 0.3) is 0 Å². The molecular formula is C15H28N2O. The van der Waals surface area contributed by atoms with Crippen molar-refractivity contribution in [1.82, 2.24) is 5.32 Å². The van der Waals surface area contributed by atoms with Crippen LogP contribution in [0.5, 0.6) is 0 Å². The molecule has 0 aromatic carbocycles. The second kappa shape index (κ2) is 6.55. The van der Waals surface area contributed by atoms with E-state index in [1.807, 2.05) is 0 Å². The van der Waals surface area contributed by atoms with Gasteiger partial charge in [0, 0.05) is 12.1 Å². The Hall–Kier alpha value is -0.570. The molecule has 2 aliphatic carbocycles. The van der Waals surface area contributed by atoms with E-state index in [1.54, 1.807) is 0 Å². The molecule has 2 rings (SSSR count). The molecule has 1 amide bonds. The van der Waals surface area contributed by atoms with Gasteiger partial charge in [0.2, 0.25) is 5.91 Å². The zero-order chi connectivity index (χ0) is 13.0. The first-order valence-electron chi connectivity index (χ1n) is 7.74. The third-order valence-corrected chi connectivity index (χ3v) is 4.88. The highest BCUT2D eigenvalue weighted by Crippen LogP contribution is 2.27. The summed E-state index contributed by atoms with van der Waals surface area (Å²) in [5.74, 6) is 0.951. The van der Waals surface area contributed by atoms with Crippen molar-refractivity contribution in [1.29, 1.82) is 0 Å². The van der Waals surface area contributed by atoms with Crippen molar-refractivity contribution < 1.29 is 4.79 Å². The lowest BCUT2D eigenvalue weighted by molar-refractivity contribution is -0.127. The summed E-state index contributed by atoms with van der Waals surface area (Å²) >= 11 is 0. The third kappa shape index (κ3) is 3.47. The summed E-state index contributed by atoms with van der Waals surface area (Å²) in [4.78, 5) is 12.3. The van der Waals surface area contributed by atoms with Crippen molar-refractivity contribution >= 4 is 5.91 Å². The molecule has 18 heavy (non-hydrogen) atoms. The van der Waals surface area contributed by atoms with E-state index in [0.717, 1.165) is 19.3 Å². The molecule has 0 saturated heterocycles. The Morgan fingerprint density at radius 1 is 1.06 bits per heavy atom. The Labute approximate surface area is 111 Å². The minimum Gasteiger partial charge on any atom is -0.353 e. The van der Waals surface area contributed by atoms with Crippen molar-refractivity contribution in [3.8, 4) is 0 Å². The number of hydrogen-bond acceptors (Lipinski definition) is 2. The number of carbonyl (C=O) groups is 1. The molecule has 3 heteroatoms. The normalized spacial score (nSPS) is 31.9. The summed E-state index contributed by atoms with van der Waals surface area (Å²) in [6.45, 7) is 2.17. The van der Waals surface area contributed by atoms with E-state index in [4.69, 9.17) is 5.73 Å². The summed E-state index contributed by atoms with van der Waals surface area (Å²) < 4.78 is 0. The largest absolute Gasteiger partial charge is 0.353 e. The van der Waals surface area contributed by atoms with Crippen LogP contribution in [-0.4, -0.2) is 18.0 Å². The topological polar surface area (TPSA) is 55.1 Å². The van der Waals surface area contributed by atoms with Crippen LogP contribution in [0.4, 0.5) is 0 Å². The van der Waals surface area contributed by atoms with Gasteiger partial charge in [-0.05, 0) is 38.5 Å². The molecule has 0 bridgehead atoms. The quantitative estimate of drug-likeness (QED) is 0.811. The van der Waals surface area contributed by atoms with Crippen LogP contribution in [0.1, 0.15) is 64.7 Å². The molecule has 3 atom stereocenters. The maximum atomic E-state index is 12.3. The number of nitrogens with one attached hydrogen (secondary N) is 1. The fourth-order valence-corrected chi connectivity index (χ4v) is 3.57. The van der Waals surface area contributed by atoms with Crippen LogP contribution in [-0.2, 0) is 4.79 Å². The second-order valence-corrected chi connectivity index (χ2v) is 6.25. The van der Waals surface area contributed by atoms with Gasteiger partial charge < -0.3 is 11.1 Å². The van der Waals surface area contributed by atoms with Gasteiger partial charge in [-0.15, -0.1) is 0 Å². The number of rotatable bonds is 3. The van der Waals surface area contributed by atoms with E-state index in [0.29, 0.717) is 12.0 Å². The molecule has 3 nitrogen and oxygen atoms in total. The molecule has 0 radical (unpaired) electrons. The van der Waals surface area contributed by atoms with Crippen LogP contribution in [0.15, 0.2) is 0 Å². The van der Waals surface area contributed by atoms with Gasteiger partial charge in [0.1, 0.15) is 0 Å². The summed E-state index contributed by atoms with van der Waals surface area (Å²) in [6.07, 6.45) is 10.9. The average Bonchev–Trinajstić information content (AvgIpc) is 2.40. The molecule has 3 unspecified atom stereocenters. The first kappa shape index (κ1) is 13.9. The molecule has 0 aliphatic heterocycles. The number of carbonyl (C=O) groups excluding carboxylic acids is 1. The van der Waals surface area contributed by atoms with Crippen LogP contribution < -0.4 is 11.1 Å². The first-order valence-corrected chi connectivity index (χ1v) is 7.74. The maximum absolute atomic E-state index is 12.3. The van der Waals surface area contributed by atoms with Gasteiger partial charge in [-0.3, -0.25) is 4.79 Å². The van der Waals surface area contributed by atoms with E-state index in [-0.39, 0.29) is 17.9 Å². The van der Waals surface area contributed by atoms with Crippen molar-refractivity contribution in [3.63, 3.8) is 0 Å². The minimum atomic E-state index is 0.0600. The molecule has 0 aromatic rings. The fraction of sp³-hybridized carbons (Fsp3) is 0.933. The fourth-order valence-electron chi connectivity index (χ4n) is 3.57. The molecule has 0 heterocycles. The number of nitrogens with two attached hydrogens (primary N) is 1. The molecule has 0 spiro atoms. The zero-order valence-electron chi connectivity index (χ0n) is 11.7. The Kier molecular flexibility index (Phi) is 5.04. The van der Waals surface area contributed by atoms with E-state index in [1.165, 1.54) is 38.5 Å². The van der Waals surface area contributed by atoms with Gasteiger partial charge in [-0.1, -0.05) is 32.1 Å². The second-order valence-electron chi connectivity index (χ2n) is 6.25. The van der Waals surface area contributed by atoms with Gasteiger partial charge >= 0.3 is 0 Å². The highest BCUT2D eigenvalue weighted by Gasteiger charge is 2.30. The molecule has 2 saturated carbocycles. The summed E-state index contributed by atoms with van der Waals surface area (Å²) in [5, 5.41) is 3.23. The Morgan fingerprint density at radius 3 is 2.33 bits per heavy atom. The predicted octanol–water partition coefficient (Wildman–Crippen LogP) is 2.59. The predicted molar refractivity (Wildman–Crippen MR) is 74.1 cm³/mol. The SMILES string of the molecule is CC(NC(=O)C1CCCCC1N)C1CCCCC1. The van der Waals surface area contributed by atoms with E-state index in [9.17, 15) is 4.79 Å². The standard InChI is InChI=1S/C15H28N2O/c1-11(12-7-3-2-4-8-12)17-15(18)13-9-5-6-10-14(13)16/h11-14H,2-10,16H2,1H3,(H,17,18). The monoisotopic (exact) mass is 252 g/mol. The van der Waals surface area contributed by atoms with Crippen LogP contribution >= 0.6 is 0 Å².